The molecule has 1 aliphatic carbocycles. The number of hydrogen-bond donors (Lipinski definition) is 3. The molecule has 6 heteroatoms. The van der Waals surface area contributed by atoms with E-state index in [1.807, 2.05) is 6.07 Å². The van der Waals surface area contributed by atoms with E-state index in [2.05, 4.69) is 16.0 Å². The van der Waals surface area contributed by atoms with Gasteiger partial charge in [-0.25, -0.2) is 0 Å². The summed E-state index contributed by atoms with van der Waals surface area (Å²) >= 11 is 0. The van der Waals surface area contributed by atoms with Crippen LogP contribution in [-0.4, -0.2) is 17.7 Å². The zero-order valence-corrected chi connectivity index (χ0v) is 16.2. The molecule has 0 atom stereocenters. The molecule has 1 fully saturated rings. The minimum Gasteiger partial charge on any atom is -0.326 e. The summed E-state index contributed by atoms with van der Waals surface area (Å²) in [5.74, 6) is -0.339. The van der Waals surface area contributed by atoms with E-state index < -0.39 is 0 Å². The van der Waals surface area contributed by atoms with E-state index in [0.29, 0.717) is 28.2 Å². The van der Waals surface area contributed by atoms with Crippen molar-refractivity contribution in [2.24, 2.45) is 5.92 Å². The Balaban J connectivity index is 1.37. The molecule has 0 heterocycles. The number of carbonyl (C=O) groups is 3. The van der Waals surface area contributed by atoms with Crippen LogP contribution in [0.2, 0.25) is 0 Å². The number of nitrogens with one attached hydrogen (secondary N) is 3. The molecule has 0 spiro atoms. The highest BCUT2D eigenvalue weighted by molar-refractivity contribution is 6.06. The number of rotatable bonds is 6. The molecule has 0 saturated heterocycles. The van der Waals surface area contributed by atoms with E-state index in [1.54, 1.807) is 72.8 Å². The molecular weight excluding hydrogens is 378 g/mol. The molecular formula is C24H21N3O3. The lowest BCUT2D eigenvalue weighted by Crippen LogP contribution is -2.15. The lowest BCUT2D eigenvalue weighted by molar-refractivity contribution is -0.117. The van der Waals surface area contributed by atoms with Gasteiger partial charge in [-0.3, -0.25) is 14.4 Å². The second kappa shape index (κ2) is 8.61. The van der Waals surface area contributed by atoms with Crippen molar-refractivity contribution in [1.82, 2.24) is 0 Å². The van der Waals surface area contributed by atoms with Gasteiger partial charge in [0.05, 0.1) is 0 Å². The van der Waals surface area contributed by atoms with Crippen molar-refractivity contribution in [1.29, 1.82) is 0 Å². The van der Waals surface area contributed by atoms with E-state index in [9.17, 15) is 14.4 Å². The van der Waals surface area contributed by atoms with Crippen LogP contribution < -0.4 is 16.0 Å². The van der Waals surface area contributed by atoms with Gasteiger partial charge >= 0.3 is 0 Å². The third-order valence-electron chi connectivity index (χ3n) is 4.78. The maximum atomic E-state index is 12.5. The molecule has 3 aromatic rings. The van der Waals surface area contributed by atoms with Crippen LogP contribution in [0.4, 0.5) is 17.1 Å². The van der Waals surface area contributed by atoms with Crippen molar-refractivity contribution in [2.75, 3.05) is 16.0 Å². The molecule has 0 aromatic heterocycles. The minimum absolute atomic E-state index is 0.0292. The van der Waals surface area contributed by atoms with Crippen LogP contribution in [0.25, 0.3) is 0 Å². The fourth-order valence-electron chi connectivity index (χ4n) is 2.97. The summed E-state index contributed by atoms with van der Waals surface area (Å²) < 4.78 is 0. The first-order chi connectivity index (χ1) is 14.6. The fourth-order valence-corrected chi connectivity index (χ4v) is 2.97. The van der Waals surface area contributed by atoms with Gasteiger partial charge in [0.1, 0.15) is 0 Å². The molecule has 1 aliphatic rings. The lowest BCUT2D eigenvalue weighted by atomic mass is 10.1. The predicted octanol–water partition coefficient (Wildman–Crippen LogP) is 4.54. The van der Waals surface area contributed by atoms with Gasteiger partial charge in [-0.15, -0.1) is 0 Å². The number of amides is 3. The van der Waals surface area contributed by atoms with Crippen molar-refractivity contribution in [3.63, 3.8) is 0 Å². The van der Waals surface area contributed by atoms with Crippen molar-refractivity contribution in [3.8, 4) is 0 Å². The summed E-state index contributed by atoms with van der Waals surface area (Å²) in [6, 6.07) is 22.6. The highest BCUT2D eigenvalue weighted by Gasteiger charge is 2.29. The normalized spacial score (nSPS) is 12.7. The van der Waals surface area contributed by atoms with Gasteiger partial charge in [0.25, 0.3) is 11.8 Å². The average Bonchev–Trinajstić information content (AvgIpc) is 3.61. The SMILES string of the molecule is O=C(Nc1cccc(NC(=O)c2ccc(NC(=O)C3CC3)cc2)c1)c1ccccc1. The Morgan fingerprint density at radius 2 is 1.17 bits per heavy atom. The van der Waals surface area contributed by atoms with E-state index in [0.717, 1.165) is 12.8 Å². The summed E-state index contributed by atoms with van der Waals surface area (Å²) in [6.07, 6.45) is 1.88. The number of benzene rings is 3. The Bertz CT molecular complexity index is 1070. The first-order valence-electron chi connectivity index (χ1n) is 9.77. The number of hydrogen-bond acceptors (Lipinski definition) is 3. The average molecular weight is 399 g/mol. The van der Waals surface area contributed by atoms with Crippen LogP contribution in [0, 0.1) is 5.92 Å². The third kappa shape index (κ3) is 4.91. The molecule has 3 N–H and O–H groups in total. The van der Waals surface area contributed by atoms with E-state index in [4.69, 9.17) is 0 Å². The maximum Gasteiger partial charge on any atom is 0.255 e. The van der Waals surface area contributed by atoms with Gasteiger partial charge in [-0.2, -0.15) is 0 Å². The summed E-state index contributed by atoms with van der Waals surface area (Å²) in [5, 5.41) is 8.49. The highest BCUT2D eigenvalue weighted by atomic mass is 16.2. The molecule has 3 aromatic carbocycles. The van der Waals surface area contributed by atoms with Gasteiger partial charge in [0, 0.05) is 34.1 Å². The Hall–Kier alpha value is -3.93. The van der Waals surface area contributed by atoms with Crippen LogP contribution in [0.15, 0.2) is 78.9 Å². The third-order valence-corrected chi connectivity index (χ3v) is 4.78. The second-order valence-electron chi connectivity index (χ2n) is 7.20. The number of anilines is 3. The molecule has 0 bridgehead atoms. The number of carbonyl (C=O) groups excluding carboxylic acids is 3. The van der Waals surface area contributed by atoms with E-state index >= 15 is 0 Å². The lowest BCUT2D eigenvalue weighted by Gasteiger charge is -2.10. The molecule has 150 valence electrons. The molecule has 4 rings (SSSR count). The highest BCUT2D eigenvalue weighted by Crippen LogP contribution is 2.30. The van der Waals surface area contributed by atoms with Crippen LogP contribution >= 0.6 is 0 Å². The molecule has 1 saturated carbocycles. The monoisotopic (exact) mass is 399 g/mol. The summed E-state index contributed by atoms with van der Waals surface area (Å²) in [7, 11) is 0. The van der Waals surface area contributed by atoms with Gasteiger partial charge in [0.2, 0.25) is 5.91 Å². The molecule has 6 nitrogen and oxygen atoms in total. The quantitative estimate of drug-likeness (QED) is 0.569. The Morgan fingerprint density at radius 1 is 0.600 bits per heavy atom. The zero-order valence-electron chi connectivity index (χ0n) is 16.2. The minimum atomic E-state index is -0.276. The molecule has 30 heavy (non-hydrogen) atoms. The molecule has 0 unspecified atom stereocenters. The Morgan fingerprint density at radius 3 is 1.73 bits per heavy atom. The van der Waals surface area contributed by atoms with Crippen molar-refractivity contribution in [2.45, 2.75) is 12.8 Å². The van der Waals surface area contributed by atoms with Crippen molar-refractivity contribution < 1.29 is 14.4 Å². The first-order valence-corrected chi connectivity index (χ1v) is 9.77. The largest absolute Gasteiger partial charge is 0.326 e. The van der Waals surface area contributed by atoms with Gasteiger partial charge < -0.3 is 16.0 Å². The van der Waals surface area contributed by atoms with Crippen molar-refractivity contribution in [3.05, 3.63) is 90.0 Å². The van der Waals surface area contributed by atoms with Gasteiger partial charge in [-0.05, 0) is 67.4 Å². The molecule has 0 aliphatic heterocycles. The van der Waals surface area contributed by atoms with Crippen molar-refractivity contribution >= 4 is 34.8 Å². The zero-order chi connectivity index (χ0) is 20.9. The molecule has 0 radical (unpaired) electrons. The standard InChI is InChI=1S/C24H21N3O3/c28-22(16-5-2-1-3-6-16)26-20-7-4-8-21(15-20)27-24(30)18-11-13-19(14-12-18)25-23(29)17-9-10-17/h1-8,11-15,17H,9-10H2,(H,25,29)(H,26,28)(H,27,30). The fraction of sp³-hybridized carbons (Fsp3) is 0.125. The Kier molecular flexibility index (Phi) is 5.57. The summed E-state index contributed by atoms with van der Waals surface area (Å²) in [4.78, 5) is 36.6. The summed E-state index contributed by atoms with van der Waals surface area (Å²) in [5.41, 5.74) is 2.85. The second-order valence-corrected chi connectivity index (χ2v) is 7.20. The predicted molar refractivity (Wildman–Crippen MR) is 117 cm³/mol. The first kappa shape index (κ1) is 19.4. The smallest absolute Gasteiger partial charge is 0.255 e. The maximum absolute atomic E-state index is 12.5. The van der Waals surface area contributed by atoms with Crippen LogP contribution in [0.1, 0.15) is 33.6 Å². The van der Waals surface area contributed by atoms with E-state index in [-0.39, 0.29) is 23.6 Å². The molecule has 3 amide bonds. The van der Waals surface area contributed by atoms with Gasteiger partial charge in [-0.1, -0.05) is 24.3 Å². The van der Waals surface area contributed by atoms with Crippen LogP contribution in [0.3, 0.4) is 0 Å². The van der Waals surface area contributed by atoms with Gasteiger partial charge in [0.15, 0.2) is 0 Å². The Labute approximate surface area is 174 Å². The topological polar surface area (TPSA) is 87.3 Å². The van der Waals surface area contributed by atoms with Crippen LogP contribution in [0.5, 0.6) is 0 Å². The van der Waals surface area contributed by atoms with E-state index in [1.165, 1.54) is 0 Å². The van der Waals surface area contributed by atoms with Crippen LogP contribution in [-0.2, 0) is 4.79 Å². The summed E-state index contributed by atoms with van der Waals surface area (Å²) in [6.45, 7) is 0.